The lowest BCUT2D eigenvalue weighted by atomic mass is 9.97. The number of methoxy groups -OCH3 is 1. The Morgan fingerprint density at radius 3 is 2.51 bits per heavy atom. The summed E-state index contributed by atoms with van der Waals surface area (Å²) < 4.78 is 11.0. The molecule has 1 aromatic heterocycles. The fourth-order valence-electron chi connectivity index (χ4n) is 5.06. The number of carbonyl (C=O) groups is 4. The zero-order chi connectivity index (χ0) is 33.9. The van der Waals surface area contributed by atoms with Gasteiger partial charge in [0.15, 0.2) is 5.75 Å². The third kappa shape index (κ3) is 6.74. The molecule has 47 heavy (non-hydrogen) atoms. The zero-order valence-electron chi connectivity index (χ0n) is 26.6. The van der Waals surface area contributed by atoms with Gasteiger partial charge in [0.1, 0.15) is 11.4 Å². The molecule has 2 unspecified atom stereocenters. The van der Waals surface area contributed by atoms with Crippen LogP contribution in [0, 0.1) is 22.7 Å². The Hall–Kier alpha value is -5.83. The number of hydrogen-bond acceptors (Lipinski definition) is 9. The highest BCUT2D eigenvalue weighted by molar-refractivity contribution is 6.10. The number of fused-ring (bicyclic) bond motifs is 1. The number of urea groups is 1. The summed E-state index contributed by atoms with van der Waals surface area (Å²) in [7, 11) is 3.13. The van der Waals surface area contributed by atoms with Gasteiger partial charge in [-0.2, -0.15) is 0 Å². The highest BCUT2D eigenvalue weighted by Crippen LogP contribution is 2.32. The number of esters is 1. The van der Waals surface area contributed by atoms with Crippen molar-refractivity contribution in [3.63, 3.8) is 0 Å². The van der Waals surface area contributed by atoms with Gasteiger partial charge in [-0.25, -0.2) is 9.78 Å². The van der Waals surface area contributed by atoms with Crippen molar-refractivity contribution in [2.24, 2.45) is 10.4 Å². The smallest absolute Gasteiger partial charge is 0.323 e. The normalized spacial score (nSPS) is 17.8. The van der Waals surface area contributed by atoms with E-state index in [0.717, 1.165) is 5.56 Å². The summed E-state index contributed by atoms with van der Waals surface area (Å²) in [6.07, 6.45) is 2.81. The maximum Gasteiger partial charge on any atom is 0.323 e. The predicted molar refractivity (Wildman–Crippen MR) is 175 cm³/mol. The van der Waals surface area contributed by atoms with Crippen molar-refractivity contribution < 1.29 is 28.7 Å². The number of carbonyl (C=O) groups excluding carboxylic acids is 4. The molecular weight excluding hydrogens is 600 g/mol. The Kier molecular flexibility index (Phi) is 8.92. The Labute approximate surface area is 272 Å². The SMILES string of the molecule is CN=CC(C=N)c1ccc(OC(=O)C(C)(C)C)c(-c2ccc(C#CC3(CN4Cc5ccc(OC)cc5C4=O)NC(=O)NC3=O)cc2)n1. The number of nitrogens with one attached hydrogen (secondary N) is 3. The second kappa shape index (κ2) is 12.9. The number of rotatable bonds is 8. The molecule has 2 aromatic carbocycles. The van der Waals surface area contributed by atoms with Crippen LogP contribution in [-0.4, -0.2) is 72.4 Å². The zero-order valence-corrected chi connectivity index (χ0v) is 26.6. The summed E-state index contributed by atoms with van der Waals surface area (Å²) in [6, 6.07) is 14.7. The first kappa shape index (κ1) is 32.6. The van der Waals surface area contributed by atoms with Crippen LogP contribution in [0.2, 0.25) is 0 Å². The lowest BCUT2D eigenvalue weighted by Crippen LogP contribution is -2.54. The first-order chi connectivity index (χ1) is 22.4. The molecule has 4 amide bonds. The monoisotopic (exact) mass is 634 g/mol. The molecular formula is C35H34N6O6. The maximum absolute atomic E-state index is 13.2. The molecule has 0 bridgehead atoms. The average molecular weight is 635 g/mol. The van der Waals surface area contributed by atoms with E-state index in [2.05, 4.69) is 27.5 Å². The van der Waals surface area contributed by atoms with Gasteiger partial charge in [0.2, 0.25) is 5.54 Å². The van der Waals surface area contributed by atoms with E-state index in [0.29, 0.717) is 33.8 Å². The lowest BCUT2D eigenvalue weighted by molar-refractivity contribution is -0.143. The molecule has 0 aliphatic carbocycles. The molecule has 0 radical (unpaired) electrons. The molecule has 3 aromatic rings. The molecule has 2 atom stereocenters. The predicted octanol–water partition coefficient (Wildman–Crippen LogP) is 3.73. The average Bonchev–Trinajstić information content (AvgIpc) is 3.51. The van der Waals surface area contributed by atoms with Gasteiger partial charge in [-0.05, 0) is 62.7 Å². The summed E-state index contributed by atoms with van der Waals surface area (Å²) in [5.74, 6) is 4.81. The molecule has 12 nitrogen and oxygen atoms in total. The summed E-state index contributed by atoms with van der Waals surface area (Å²) in [4.78, 5) is 61.5. The van der Waals surface area contributed by atoms with Gasteiger partial charge in [0, 0.05) is 42.7 Å². The van der Waals surface area contributed by atoms with E-state index in [-0.39, 0.29) is 24.7 Å². The molecule has 3 heterocycles. The van der Waals surface area contributed by atoms with Crippen LogP contribution in [0.15, 0.2) is 59.6 Å². The van der Waals surface area contributed by atoms with E-state index in [9.17, 15) is 19.2 Å². The fourth-order valence-corrected chi connectivity index (χ4v) is 5.06. The second-order valence-corrected chi connectivity index (χ2v) is 12.1. The van der Waals surface area contributed by atoms with Crippen molar-refractivity contribution in [1.29, 1.82) is 5.41 Å². The van der Waals surface area contributed by atoms with Crippen molar-refractivity contribution in [1.82, 2.24) is 20.5 Å². The molecule has 3 N–H and O–H groups in total. The third-order valence-electron chi connectivity index (χ3n) is 7.67. The van der Waals surface area contributed by atoms with Gasteiger partial charge in [0.05, 0.1) is 30.7 Å². The van der Waals surface area contributed by atoms with Gasteiger partial charge in [0.25, 0.3) is 11.8 Å². The fraction of sp³-hybridized carbons (Fsp3) is 0.286. The maximum atomic E-state index is 13.2. The lowest BCUT2D eigenvalue weighted by Gasteiger charge is -2.26. The Morgan fingerprint density at radius 2 is 1.89 bits per heavy atom. The molecule has 1 fully saturated rings. The van der Waals surface area contributed by atoms with Crippen LogP contribution in [0.25, 0.3) is 11.3 Å². The van der Waals surface area contributed by atoms with Crippen LogP contribution >= 0.6 is 0 Å². The Morgan fingerprint density at radius 1 is 1.15 bits per heavy atom. The van der Waals surface area contributed by atoms with Crippen molar-refractivity contribution in [3.05, 3.63) is 77.0 Å². The third-order valence-corrected chi connectivity index (χ3v) is 7.67. The van der Waals surface area contributed by atoms with E-state index in [4.69, 9.17) is 19.9 Å². The van der Waals surface area contributed by atoms with Crippen molar-refractivity contribution in [3.8, 4) is 34.6 Å². The number of aliphatic imine (C=N–C) groups is 1. The summed E-state index contributed by atoms with van der Waals surface area (Å²) in [6.45, 7) is 5.34. The molecule has 12 heteroatoms. The highest BCUT2D eigenvalue weighted by atomic mass is 16.5. The van der Waals surface area contributed by atoms with Gasteiger partial charge >= 0.3 is 12.0 Å². The molecule has 1 saturated heterocycles. The first-order valence-corrected chi connectivity index (χ1v) is 14.8. The van der Waals surface area contributed by atoms with E-state index in [1.54, 1.807) is 88.6 Å². The van der Waals surface area contributed by atoms with Crippen LogP contribution < -0.4 is 20.1 Å². The summed E-state index contributed by atoms with van der Waals surface area (Å²) in [5.41, 5.74) is 0.872. The number of amides is 4. The van der Waals surface area contributed by atoms with E-state index in [1.807, 2.05) is 0 Å². The molecule has 0 spiro atoms. The number of ether oxygens (including phenoxy) is 2. The van der Waals surface area contributed by atoms with Crippen LogP contribution in [0.5, 0.6) is 11.5 Å². The second-order valence-electron chi connectivity index (χ2n) is 12.1. The minimum atomic E-state index is -1.68. The minimum absolute atomic E-state index is 0.167. The van der Waals surface area contributed by atoms with E-state index >= 15 is 0 Å². The minimum Gasteiger partial charge on any atom is -0.497 e. The number of hydrogen-bond donors (Lipinski definition) is 3. The van der Waals surface area contributed by atoms with Crippen LogP contribution in [0.3, 0.4) is 0 Å². The van der Waals surface area contributed by atoms with Crippen LogP contribution in [0.4, 0.5) is 4.79 Å². The van der Waals surface area contributed by atoms with Crippen molar-refractivity contribution >= 4 is 36.2 Å². The van der Waals surface area contributed by atoms with Gasteiger partial charge in [-0.3, -0.25) is 24.7 Å². The van der Waals surface area contributed by atoms with Gasteiger partial charge in [-0.1, -0.05) is 30.0 Å². The first-order valence-electron chi connectivity index (χ1n) is 14.8. The quantitative estimate of drug-likeness (QED) is 0.147. The number of imide groups is 1. The van der Waals surface area contributed by atoms with Crippen molar-refractivity contribution in [2.45, 2.75) is 38.8 Å². The molecule has 240 valence electrons. The molecule has 2 aliphatic heterocycles. The van der Waals surface area contributed by atoms with Gasteiger partial charge in [-0.15, -0.1) is 0 Å². The van der Waals surface area contributed by atoms with Crippen LogP contribution in [0.1, 0.15) is 53.9 Å². The van der Waals surface area contributed by atoms with E-state index < -0.39 is 34.8 Å². The van der Waals surface area contributed by atoms with Gasteiger partial charge < -0.3 is 25.1 Å². The number of aromatic nitrogens is 1. The molecule has 0 saturated carbocycles. The number of pyridine rings is 1. The summed E-state index contributed by atoms with van der Waals surface area (Å²) in [5, 5.41) is 12.7. The largest absolute Gasteiger partial charge is 0.497 e. The Bertz CT molecular complexity index is 1870. The number of nitrogens with zero attached hydrogens (tertiary/aromatic N) is 3. The standard InChI is InChI=1S/C35H34N6O6/c1-34(2,3)32(44)47-28-13-12-27(24(17-36)18-37-4)38-29(28)22-8-6-21(7-9-22)14-15-35(31(43)39-33(45)40-35)20-41-19-23-10-11-25(46-5)16-26(23)30(41)42/h6-13,16-18,24,36H,19-20H2,1-5H3,(H2,39,40,43,45). The number of benzene rings is 2. The topological polar surface area (TPSA) is 163 Å². The van der Waals surface area contributed by atoms with Crippen LogP contribution in [-0.2, 0) is 16.1 Å². The van der Waals surface area contributed by atoms with E-state index in [1.165, 1.54) is 18.2 Å². The summed E-state index contributed by atoms with van der Waals surface area (Å²) >= 11 is 0. The molecule has 5 rings (SSSR count). The molecule has 2 aliphatic rings. The Balaban J connectivity index is 1.45. The highest BCUT2D eigenvalue weighted by Gasteiger charge is 2.48. The van der Waals surface area contributed by atoms with Crippen molar-refractivity contribution in [2.75, 3.05) is 20.7 Å².